The summed E-state index contributed by atoms with van der Waals surface area (Å²) in [5.74, 6) is -2.03. The van der Waals surface area contributed by atoms with Crippen molar-refractivity contribution in [1.82, 2.24) is 10.9 Å². The summed E-state index contributed by atoms with van der Waals surface area (Å²) in [6.45, 7) is 1.78. The van der Waals surface area contributed by atoms with Crippen molar-refractivity contribution in [3.63, 3.8) is 0 Å². The van der Waals surface area contributed by atoms with Gasteiger partial charge in [0.25, 0.3) is 11.8 Å². The molecule has 2 aromatic rings. The summed E-state index contributed by atoms with van der Waals surface area (Å²) in [5.41, 5.74) is 11.2. The molecule has 136 valence electrons. The summed E-state index contributed by atoms with van der Waals surface area (Å²) in [6, 6.07) is 8.46. The fourth-order valence-corrected chi connectivity index (χ4v) is 2.91. The Morgan fingerprint density at radius 2 is 1.65 bits per heavy atom. The minimum absolute atomic E-state index is 0.109. The number of nitrogens with one attached hydrogen (secondary N) is 3. The Bertz CT molecular complexity index is 847. The molecule has 0 spiro atoms. The fourth-order valence-electron chi connectivity index (χ4n) is 2.10. The smallest absolute Gasteiger partial charge is 0.269 e. The van der Waals surface area contributed by atoms with E-state index in [4.69, 9.17) is 5.73 Å². The molecule has 0 atom stereocenters. The Labute approximate surface area is 153 Å². The van der Waals surface area contributed by atoms with Crippen molar-refractivity contribution in [3.05, 3.63) is 52.4 Å². The van der Waals surface area contributed by atoms with E-state index in [9.17, 15) is 19.2 Å². The molecule has 1 aromatic carbocycles. The average Bonchev–Trinajstić information content (AvgIpc) is 3.06. The second-order valence-electron chi connectivity index (χ2n) is 5.39. The predicted molar refractivity (Wildman–Crippen MR) is 97.5 cm³/mol. The van der Waals surface area contributed by atoms with Crippen LogP contribution in [0.5, 0.6) is 0 Å². The Balaban J connectivity index is 1.77. The van der Waals surface area contributed by atoms with Gasteiger partial charge in [0.1, 0.15) is 5.00 Å². The number of hydrazine groups is 1. The molecule has 1 aromatic heterocycles. The van der Waals surface area contributed by atoms with Crippen LogP contribution in [0, 0.1) is 6.92 Å². The van der Waals surface area contributed by atoms with E-state index in [-0.39, 0.29) is 18.4 Å². The van der Waals surface area contributed by atoms with Crippen molar-refractivity contribution in [2.45, 2.75) is 19.8 Å². The second-order valence-corrected chi connectivity index (χ2v) is 6.31. The molecule has 0 radical (unpaired) electrons. The number of anilines is 1. The summed E-state index contributed by atoms with van der Waals surface area (Å²) in [6.07, 6.45) is -0.237. The first kappa shape index (κ1) is 19.1. The van der Waals surface area contributed by atoms with E-state index in [2.05, 4.69) is 16.2 Å². The SMILES string of the molecule is Cc1ccccc1C(=O)NNC(=O)CCC(=O)Nc1sccc1C(N)=O. The Hall–Kier alpha value is -3.20. The summed E-state index contributed by atoms with van der Waals surface area (Å²) >= 11 is 1.16. The molecule has 5 N–H and O–H groups in total. The van der Waals surface area contributed by atoms with Crippen LogP contribution >= 0.6 is 11.3 Å². The molecule has 0 unspecified atom stereocenters. The molecule has 0 aliphatic rings. The molecule has 0 aliphatic carbocycles. The summed E-state index contributed by atoms with van der Waals surface area (Å²) in [4.78, 5) is 46.8. The highest BCUT2D eigenvalue weighted by Gasteiger charge is 2.14. The highest BCUT2D eigenvalue weighted by atomic mass is 32.1. The molecule has 0 bridgehead atoms. The summed E-state index contributed by atoms with van der Waals surface area (Å²) < 4.78 is 0. The maximum Gasteiger partial charge on any atom is 0.269 e. The molecule has 4 amide bonds. The van der Waals surface area contributed by atoms with E-state index < -0.39 is 23.6 Å². The van der Waals surface area contributed by atoms with Gasteiger partial charge in [-0.3, -0.25) is 30.0 Å². The van der Waals surface area contributed by atoms with Crippen molar-refractivity contribution in [2.75, 3.05) is 5.32 Å². The van der Waals surface area contributed by atoms with Crippen LogP contribution in [-0.4, -0.2) is 23.6 Å². The lowest BCUT2D eigenvalue weighted by atomic mass is 10.1. The molecule has 26 heavy (non-hydrogen) atoms. The van der Waals surface area contributed by atoms with Gasteiger partial charge in [-0.05, 0) is 30.0 Å². The molecule has 0 fully saturated rings. The number of hydrogen-bond acceptors (Lipinski definition) is 5. The highest BCUT2D eigenvalue weighted by molar-refractivity contribution is 7.14. The van der Waals surface area contributed by atoms with E-state index in [1.165, 1.54) is 6.07 Å². The van der Waals surface area contributed by atoms with E-state index in [0.29, 0.717) is 10.6 Å². The Morgan fingerprint density at radius 3 is 2.35 bits per heavy atom. The Morgan fingerprint density at radius 1 is 0.962 bits per heavy atom. The van der Waals surface area contributed by atoms with Crippen molar-refractivity contribution in [3.8, 4) is 0 Å². The number of primary amides is 1. The predicted octanol–water partition coefficient (Wildman–Crippen LogP) is 1.34. The quantitative estimate of drug-likeness (QED) is 0.568. The van der Waals surface area contributed by atoms with Crippen LogP contribution in [0.15, 0.2) is 35.7 Å². The van der Waals surface area contributed by atoms with Crippen LogP contribution in [0.25, 0.3) is 0 Å². The van der Waals surface area contributed by atoms with Gasteiger partial charge in [0.15, 0.2) is 0 Å². The van der Waals surface area contributed by atoms with Crippen molar-refractivity contribution in [1.29, 1.82) is 0 Å². The third-order valence-corrected chi connectivity index (χ3v) is 4.30. The van der Waals surface area contributed by atoms with Gasteiger partial charge < -0.3 is 11.1 Å². The van der Waals surface area contributed by atoms with Crippen LogP contribution in [0.2, 0.25) is 0 Å². The van der Waals surface area contributed by atoms with Gasteiger partial charge in [-0.1, -0.05) is 18.2 Å². The normalized spacial score (nSPS) is 10.0. The van der Waals surface area contributed by atoms with Crippen molar-refractivity contribution >= 4 is 40.0 Å². The molecular formula is C17H18N4O4S. The van der Waals surface area contributed by atoms with Gasteiger partial charge in [-0.15, -0.1) is 11.3 Å². The molecule has 9 heteroatoms. The molecule has 0 aliphatic heterocycles. The lowest BCUT2D eigenvalue weighted by Gasteiger charge is -2.09. The van der Waals surface area contributed by atoms with Crippen LogP contribution in [0.3, 0.4) is 0 Å². The lowest BCUT2D eigenvalue weighted by molar-refractivity contribution is -0.124. The van der Waals surface area contributed by atoms with E-state index in [0.717, 1.165) is 16.9 Å². The van der Waals surface area contributed by atoms with Gasteiger partial charge >= 0.3 is 0 Å². The third kappa shape index (κ3) is 5.15. The Kier molecular flexibility index (Phi) is 6.45. The van der Waals surface area contributed by atoms with Gasteiger partial charge in [-0.2, -0.15) is 0 Å². The summed E-state index contributed by atoms with van der Waals surface area (Å²) in [5, 5.41) is 4.51. The zero-order valence-electron chi connectivity index (χ0n) is 14.0. The number of carbonyl (C=O) groups excluding carboxylic acids is 4. The first-order chi connectivity index (χ1) is 12.4. The minimum atomic E-state index is -0.641. The number of hydrogen-bond donors (Lipinski definition) is 4. The number of thiophene rings is 1. The number of nitrogens with two attached hydrogens (primary N) is 1. The first-order valence-corrected chi connectivity index (χ1v) is 8.58. The van der Waals surface area contributed by atoms with Crippen molar-refractivity contribution < 1.29 is 19.2 Å². The average molecular weight is 374 g/mol. The second kappa shape index (κ2) is 8.77. The van der Waals surface area contributed by atoms with Crippen LogP contribution < -0.4 is 21.9 Å². The number of carbonyl (C=O) groups is 4. The van der Waals surface area contributed by atoms with Gasteiger partial charge in [0, 0.05) is 18.4 Å². The number of rotatable bonds is 6. The minimum Gasteiger partial charge on any atom is -0.366 e. The zero-order valence-corrected chi connectivity index (χ0v) is 14.8. The number of aryl methyl sites for hydroxylation is 1. The molecular weight excluding hydrogens is 356 g/mol. The summed E-state index contributed by atoms with van der Waals surface area (Å²) in [7, 11) is 0. The molecule has 1 heterocycles. The third-order valence-electron chi connectivity index (χ3n) is 3.47. The van der Waals surface area contributed by atoms with Crippen LogP contribution in [0.4, 0.5) is 5.00 Å². The first-order valence-electron chi connectivity index (χ1n) is 7.70. The standard InChI is InChI=1S/C17H18N4O4S/c1-10-4-2-3-5-11(10)16(25)21-20-14(23)7-6-13(22)19-17-12(15(18)24)8-9-26-17/h2-5,8-9H,6-7H2,1H3,(H2,18,24)(H,19,22)(H,20,23)(H,21,25). The molecule has 8 nitrogen and oxygen atoms in total. The largest absolute Gasteiger partial charge is 0.366 e. The monoisotopic (exact) mass is 374 g/mol. The number of benzene rings is 1. The number of amides is 4. The topological polar surface area (TPSA) is 130 Å². The molecule has 2 rings (SSSR count). The molecule has 0 saturated heterocycles. The van der Waals surface area contributed by atoms with E-state index >= 15 is 0 Å². The van der Waals surface area contributed by atoms with E-state index in [1.54, 1.807) is 36.6 Å². The maximum absolute atomic E-state index is 12.0. The van der Waals surface area contributed by atoms with Gasteiger partial charge in [0.05, 0.1) is 5.56 Å². The van der Waals surface area contributed by atoms with Crippen LogP contribution in [0.1, 0.15) is 39.1 Å². The van der Waals surface area contributed by atoms with Crippen LogP contribution in [-0.2, 0) is 9.59 Å². The molecule has 0 saturated carbocycles. The van der Waals surface area contributed by atoms with Crippen molar-refractivity contribution in [2.24, 2.45) is 5.73 Å². The maximum atomic E-state index is 12.0. The van der Waals surface area contributed by atoms with E-state index in [1.807, 2.05) is 0 Å². The zero-order chi connectivity index (χ0) is 19.1. The van der Waals surface area contributed by atoms with Gasteiger partial charge in [-0.25, -0.2) is 0 Å². The lowest BCUT2D eigenvalue weighted by Crippen LogP contribution is -2.42. The van der Waals surface area contributed by atoms with Gasteiger partial charge in [0.2, 0.25) is 11.8 Å². The highest BCUT2D eigenvalue weighted by Crippen LogP contribution is 2.22. The fraction of sp³-hybridized carbons (Fsp3) is 0.176.